The molecule has 2 rings (SSSR count). The van der Waals surface area contributed by atoms with Gasteiger partial charge >= 0.3 is 0 Å². The number of hydrogen-bond acceptors (Lipinski definition) is 4. The Bertz CT molecular complexity index is 344. The smallest absolute Gasteiger partial charge is 0.214 e. The van der Waals surface area contributed by atoms with Crippen molar-refractivity contribution in [3.05, 3.63) is 0 Å². The first-order chi connectivity index (χ1) is 8.04. The molecule has 17 heavy (non-hydrogen) atoms. The maximum Gasteiger partial charge on any atom is 0.214 e. The number of rotatable bonds is 5. The van der Waals surface area contributed by atoms with Gasteiger partial charge in [0, 0.05) is 31.8 Å². The normalized spacial score (nSPS) is 34.1. The Labute approximate surface area is 103 Å². The molecule has 2 bridgehead atoms. The van der Waals surface area contributed by atoms with Crippen molar-refractivity contribution in [2.75, 3.05) is 19.5 Å². The number of fused-ring (bicyclic) bond motifs is 2. The number of piperidine rings is 1. The molecule has 2 saturated heterocycles. The molecule has 0 aromatic carbocycles. The van der Waals surface area contributed by atoms with Crippen molar-refractivity contribution in [3.8, 4) is 0 Å². The topological polar surface area (TPSA) is 72.6 Å². The van der Waals surface area contributed by atoms with Gasteiger partial charge in [0.15, 0.2) is 0 Å². The summed E-state index contributed by atoms with van der Waals surface area (Å²) in [5, 5.41) is 0. The highest BCUT2D eigenvalue weighted by atomic mass is 32.2. The van der Waals surface area contributed by atoms with Gasteiger partial charge in [-0.05, 0) is 32.1 Å². The molecule has 0 aromatic heterocycles. The van der Waals surface area contributed by atoms with Crippen molar-refractivity contribution in [2.24, 2.45) is 5.73 Å². The van der Waals surface area contributed by atoms with E-state index in [-0.39, 0.29) is 23.9 Å². The third-order valence-electron chi connectivity index (χ3n) is 3.77. The van der Waals surface area contributed by atoms with E-state index in [1.807, 2.05) is 0 Å². The van der Waals surface area contributed by atoms with E-state index in [0.29, 0.717) is 13.0 Å². The van der Waals surface area contributed by atoms with Crippen LogP contribution in [0.5, 0.6) is 0 Å². The van der Waals surface area contributed by atoms with E-state index in [1.54, 1.807) is 11.4 Å². The van der Waals surface area contributed by atoms with Crippen LogP contribution in [0.1, 0.15) is 32.1 Å². The molecule has 2 atom stereocenters. The standard InChI is InChI=1S/C11H22N2O3S/c1-16-5-2-6-17(14,15)13-10-3-4-11(13)8-9(12)7-10/h9-11H,2-8,12H2,1H3. The molecule has 6 heteroatoms. The molecule has 2 aliphatic rings. The lowest BCUT2D eigenvalue weighted by molar-refractivity contribution is 0.197. The molecule has 0 aromatic rings. The monoisotopic (exact) mass is 262 g/mol. The van der Waals surface area contributed by atoms with E-state index in [2.05, 4.69) is 0 Å². The van der Waals surface area contributed by atoms with Crippen molar-refractivity contribution in [3.63, 3.8) is 0 Å². The summed E-state index contributed by atoms with van der Waals surface area (Å²) in [6.45, 7) is 0.502. The van der Waals surface area contributed by atoms with Crippen LogP contribution in [0, 0.1) is 0 Å². The van der Waals surface area contributed by atoms with E-state index in [9.17, 15) is 8.42 Å². The summed E-state index contributed by atoms with van der Waals surface area (Å²) in [6, 6.07) is 0.477. The minimum absolute atomic E-state index is 0.149. The second kappa shape index (κ2) is 5.22. The van der Waals surface area contributed by atoms with Gasteiger partial charge < -0.3 is 10.5 Å². The molecule has 2 heterocycles. The van der Waals surface area contributed by atoms with Crippen LogP contribution in [0.25, 0.3) is 0 Å². The molecule has 0 spiro atoms. The van der Waals surface area contributed by atoms with Gasteiger partial charge in [-0.3, -0.25) is 0 Å². The number of methoxy groups -OCH3 is 1. The molecule has 2 aliphatic heterocycles. The van der Waals surface area contributed by atoms with Gasteiger partial charge in [0.05, 0.1) is 5.75 Å². The van der Waals surface area contributed by atoms with E-state index < -0.39 is 10.0 Å². The number of sulfonamides is 1. The molecular formula is C11H22N2O3S. The van der Waals surface area contributed by atoms with E-state index in [0.717, 1.165) is 25.7 Å². The van der Waals surface area contributed by atoms with Crippen molar-refractivity contribution < 1.29 is 13.2 Å². The first-order valence-electron chi connectivity index (χ1n) is 6.30. The molecule has 2 N–H and O–H groups in total. The Morgan fingerprint density at radius 1 is 1.29 bits per heavy atom. The van der Waals surface area contributed by atoms with Crippen molar-refractivity contribution in [1.29, 1.82) is 0 Å². The first-order valence-corrected chi connectivity index (χ1v) is 7.91. The van der Waals surface area contributed by atoms with Crippen LogP contribution in [-0.2, 0) is 14.8 Å². The summed E-state index contributed by atoms with van der Waals surface area (Å²) in [6.07, 6.45) is 4.16. The highest BCUT2D eigenvalue weighted by molar-refractivity contribution is 7.89. The molecule has 2 unspecified atom stereocenters. The Morgan fingerprint density at radius 2 is 1.88 bits per heavy atom. The summed E-state index contributed by atoms with van der Waals surface area (Å²) in [4.78, 5) is 0. The molecule has 2 fully saturated rings. The van der Waals surface area contributed by atoms with Crippen LogP contribution in [0.3, 0.4) is 0 Å². The summed E-state index contributed by atoms with van der Waals surface area (Å²) in [5.41, 5.74) is 5.94. The highest BCUT2D eigenvalue weighted by Crippen LogP contribution is 2.37. The maximum atomic E-state index is 12.3. The van der Waals surface area contributed by atoms with Gasteiger partial charge in [-0.15, -0.1) is 0 Å². The third-order valence-corrected chi connectivity index (χ3v) is 5.82. The van der Waals surface area contributed by atoms with Crippen molar-refractivity contribution in [1.82, 2.24) is 4.31 Å². The predicted octanol–water partition coefficient (Wildman–Crippen LogP) is 0.307. The first kappa shape index (κ1) is 13.3. The van der Waals surface area contributed by atoms with Crippen LogP contribution in [0.4, 0.5) is 0 Å². The highest BCUT2D eigenvalue weighted by Gasteiger charge is 2.45. The molecule has 0 aliphatic carbocycles. The quantitative estimate of drug-likeness (QED) is 0.724. The Hall–Kier alpha value is -0.170. The van der Waals surface area contributed by atoms with Gasteiger partial charge in [0.1, 0.15) is 0 Å². The zero-order valence-corrected chi connectivity index (χ0v) is 11.2. The lowest BCUT2D eigenvalue weighted by Gasteiger charge is -2.36. The van der Waals surface area contributed by atoms with Crippen LogP contribution in [-0.4, -0.2) is 50.3 Å². The van der Waals surface area contributed by atoms with E-state index >= 15 is 0 Å². The molecule has 5 nitrogen and oxygen atoms in total. The zero-order chi connectivity index (χ0) is 12.5. The molecule has 0 amide bonds. The van der Waals surface area contributed by atoms with Gasteiger partial charge in [0.25, 0.3) is 0 Å². The molecular weight excluding hydrogens is 240 g/mol. The molecule has 0 radical (unpaired) electrons. The predicted molar refractivity (Wildman–Crippen MR) is 66.1 cm³/mol. The fourth-order valence-corrected chi connectivity index (χ4v) is 5.11. The summed E-state index contributed by atoms with van der Waals surface area (Å²) >= 11 is 0. The van der Waals surface area contributed by atoms with Gasteiger partial charge in [-0.2, -0.15) is 4.31 Å². The molecule has 0 saturated carbocycles. The van der Waals surface area contributed by atoms with E-state index in [1.165, 1.54) is 0 Å². The Balaban J connectivity index is 2.02. The SMILES string of the molecule is COCCCS(=O)(=O)N1C2CCC1CC(N)C2. The largest absolute Gasteiger partial charge is 0.385 e. The maximum absolute atomic E-state index is 12.3. The average Bonchev–Trinajstić information content (AvgIpc) is 2.53. The summed E-state index contributed by atoms with van der Waals surface area (Å²) in [7, 11) is -1.52. The van der Waals surface area contributed by atoms with Gasteiger partial charge in [-0.1, -0.05) is 0 Å². The second-order valence-electron chi connectivity index (χ2n) is 5.11. The fraction of sp³-hybridized carbons (Fsp3) is 1.00. The van der Waals surface area contributed by atoms with Crippen LogP contribution in [0.15, 0.2) is 0 Å². The second-order valence-corrected chi connectivity index (χ2v) is 7.10. The number of nitrogens with zero attached hydrogens (tertiary/aromatic N) is 1. The lowest BCUT2D eigenvalue weighted by atomic mass is 10.0. The minimum atomic E-state index is -3.12. The van der Waals surface area contributed by atoms with Gasteiger partial charge in [-0.25, -0.2) is 8.42 Å². The van der Waals surface area contributed by atoms with E-state index in [4.69, 9.17) is 10.5 Å². The van der Waals surface area contributed by atoms with Crippen LogP contribution >= 0.6 is 0 Å². The van der Waals surface area contributed by atoms with Crippen LogP contribution < -0.4 is 5.73 Å². The third kappa shape index (κ3) is 2.81. The Kier molecular flexibility index (Phi) is 4.07. The lowest BCUT2D eigenvalue weighted by Crippen LogP contribution is -2.50. The van der Waals surface area contributed by atoms with Crippen LogP contribution in [0.2, 0.25) is 0 Å². The number of ether oxygens (including phenoxy) is 1. The zero-order valence-electron chi connectivity index (χ0n) is 10.3. The minimum Gasteiger partial charge on any atom is -0.385 e. The summed E-state index contributed by atoms with van der Waals surface area (Å²) in [5.74, 6) is 0.197. The Morgan fingerprint density at radius 3 is 2.41 bits per heavy atom. The van der Waals surface area contributed by atoms with Crippen molar-refractivity contribution >= 4 is 10.0 Å². The number of nitrogens with two attached hydrogens (primary N) is 1. The summed E-state index contributed by atoms with van der Waals surface area (Å²) < 4.78 is 31.2. The number of hydrogen-bond donors (Lipinski definition) is 1. The van der Waals surface area contributed by atoms with Gasteiger partial charge in [0.2, 0.25) is 10.0 Å². The molecule has 100 valence electrons. The average molecular weight is 262 g/mol. The van der Waals surface area contributed by atoms with Crippen molar-refractivity contribution in [2.45, 2.75) is 50.2 Å². The fourth-order valence-electron chi connectivity index (χ4n) is 3.12.